The van der Waals surface area contributed by atoms with Gasteiger partial charge in [-0.1, -0.05) is 12.1 Å². The number of benzene rings is 3. The number of fused-ring (bicyclic) bond motifs is 1. The van der Waals surface area contributed by atoms with Crippen molar-refractivity contribution in [3.8, 4) is 11.4 Å². The number of ether oxygens (including phenoxy) is 1. The van der Waals surface area contributed by atoms with E-state index in [-0.39, 0.29) is 6.61 Å². The van der Waals surface area contributed by atoms with E-state index in [0.29, 0.717) is 22.4 Å². The molecular weight excluding hydrogens is 481 g/mol. The molecule has 1 aromatic heterocycles. The van der Waals surface area contributed by atoms with Crippen molar-refractivity contribution >= 4 is 16.9 Å². The lowest BCUT2D eigenvalue weighted by molar-refractivity contribution is -0.137. The maximum Gasteiger partial charge on any atom is 0.416 e. The molecule has 1 amide bonds. The summed E-state index contributed by atoms with van der Waals surface area (Å²) < 4.78 is 46.2. The van der Waals surface area contributed by atoms with Crippen molar-refractivity contribution < 1.29 is 22.7 Å². The average molecular weight is 509 g/mol. The fraction of sp³-hybridized carbons (Fsp3) is 0.286. The number of carbonyl (C=O) groups excluding carboxylic acids is 1. The lowest BCUT2D eigenvalue weighted by Crippen LogP contribution is -2.23. The number of halogens is 3. The van der Waals surface area contributed by atoms with Crippen molar-refractivity contribution in [1.29, 1.82) is 0 Å². The smallest absolute Gasteiger partial charge is 0.416 e. The maximum absolute atomic E-state index is 12.8. The normalized spacial score (nSPS) is 14.4. The highest BCUT2D eigenvalue weighted by molar-refractivity contribution is 5.96. The van der Waals surface area contributed by atoms with Crippen molar-refractivity contribution in [2.45, 2.75) is 32.0 Å². The zero-order chi connectivity index (χ0) is 26.0. The third kappa shape index (κ3) is 5.61. The van der Waals surface area contributed by atoms with Crippen molar-refractivity contribution in [3.05, 3.63) is 89.2 Å². The molecule has 2 N–H and O–H groups in total. The minimum absolute atomic E-state index is 0.155. The summed E-state index contributed by atoms with van der Waals surface area (Å²) in [6, 6.07) is 17.7. The van der Waals surface area contributed by atoms with Crippen LogP contribution in [0.25, 0.3) is 16.7 Å². The van der Waals surface area contributed by atoms with Gasteiger partial charge in [-0.2, -0.15) is 13.2 Å². The maximum atomic E-state index is 12.8. The molecule has 1 aliphatic heterocycles. The third-order valence-corrected chi connectivity index (χ3v) is 6.64. The number of rotatable bonds is 8. The summed E-state index contributed by atoms with van der Waals surface area (Å²) in [6.07, 6.45) is -1.17. The zero-order valence-corrected chi connectivity index (χ0v) is 20.2. The lowest BCUT2D eigenvalue weighted by atomic mass is 10.1. The van der Waals surface area contributed by atoms with Gasteiger partial charge in [-0.05, 0) is 86.1 Å². The van der Waals surface area contributed by atoms with Crippen molar-refractivity contribution in [3.63, 3.8) is 0 Å². The molecule has 37 heavy (non-hydrogen) atoms. The van der Waals surface area contributed by atoms with Crippen LogP contribution in [0.3, 0.4) is 0 Å². The molecule has 2 heterocycles. The molecular formula is C28H27F3N4O2. The fourth-order valence-corrected chi connectivity index (χ4v) is 4.65. The summed E-state index contributed by atoms with van der Waals surface area (Å²) in [5.74, 6) is 0.995. The van der Waals surface area contributed by atoms with Crippen molar-refractivity contribution in [2.75, 3.05) is 19.6 Å². The summed E-state index contributed by atoms with van der Waals surface area (Å²) in [5, 5.41) is 0. The SMILES string of the molecule is NC(=O)c1ccc2c(c1)nc(CCN1CCCC1)n2-c1ccc(OCc2ccc(C(F)(F)F)cc2)cc1. The highest BCUT2D eigenvalue weighted by Crippen LogP contribution is 2.29. The highest BCUT2D eigenvalue weighted by atomic mass is 19.4. The van der Waals surface area contributed by atoms with Crippen LogP contribution in [-0.2, 0) is 19.2 Å². The molecule has 1 fully saturated rings. The number of nitrogens with two attached hydrogens (primary N) is 1. The average Bonchev–Trinajstić information content (AvgIpc) is 3.53. The van der Waals surface area contributed by atoms with Crippen LogP contribution in [0.1, 0.15) is 40.2 Å². The van der Waals surface area contributed by atoms with E-state index in [2.05, 4.69) is 9.47 Å². The first-order valence-electron chi connectivity index (χ1n) is 12.2. The van der Waals surface area contributed by atoms with E-state index < -0.39 is 17.6 Å². The van der Waals surface area contributed by atoms with E-state index >= 15 is 0 Å². The van der Waals surface area contributed by atoms with Crippen LogP contribution < -0.4 is 10.5 Å². The highest BCUT2D eigenvalue weighted by Gasteiger charge is 2.29. The Kier molecular flexibility index (Phi) is 6.88. The molecule has 3 aromatic carbocycles. The Hall–Kier alpha value is -3.85. The molecule has 192 valence electrons. The van der Waals surface area contributed by atoms with Crippen molar-refractivity contribution in [1.82, 2.24) is 14.5 Å². The van der Waals surface area contributed by atoms with Gasteiger partial charge in [0.2, 0.25) is 5.91 Å². The number of carbonyl (C=O) groups is 1. The van der Waals surface area contributed by atoms with Crippen LogP contribution in [0.5, 0.6) is 5.75 Å². The van der Waals surface area contributed by atoms with Crippen LogP contribution in [-0.4, -0.2) is 40.0 Å². The van der Waals surface area contributed by atoms with Crippen molar-refractivity contribution in [2.24, 2.45) is 5.73 Å². The van der Waals surface area contributed by atoms with Crippen LogP contribution in [0, 0.1) is 0 Å². The quantitative estimate of drug-likeness (QED) is 0.348. The fourth-order valence-electron chi connectivity index (χ4n) is 4.65. The molecule has 4 aromatic rings. The van der Waals surface area contributed by atoms with Gasteiger partial charge in [0.05, 0.1) is 16.6 Å². The Morgan fingerprint density at radius 3 is 2.32 bits per heavy atom. The summed E-state index contributed by atoms with van der Waals surface area (Å²) in [6.45, 7) is 3.25. The number of hydrogen-bond donors (Lipinski definition) is 1. The second-order valence-electron chi connectivity index (χ2n) is 9.21. The summed E-state index contributed by atoms with van der Waals surface area (Å²) in [5.41, 5.74) is 8.32. The third-order valence-electron chi connectivity index (χ3n) is 6.64. The van der Waals surface area contributed by atoms with Gasteiger partial charge in [-0.15, -0.1) is 0 Å². The Morgan fingerprint density at radius 1 is 0.973 bits per heavy atom. The molecule has 1 aliphatic rings. The summed E-state index contributed by atoms with van der Waals surface area (Å²) in [7, 11) is 0. The minimum atomic E-state index is -4.36. The monoisotopic (exact) mass is 508 g/mol. The molecule has 0 bridgehead atoms. The molecule has 5 rings (SSSR count). The lowest BCUT2D eigenvalue weighted by Gasteiger charge is -2.15. The molecule has 0 radical (unpaired) electrons. The Morgan fingerprint density at radius 2 is 1.68 bits per heavy atom. The van der Waals surface area contributed by atoms with E-state index in [9.17, 15) is 18.0 Å². The van der Waals surface area contributed by atoms with Gasteiger partial charge in [-0.25, -0.2) is 4.98 Å². The van der Waals surface area contributed by atoms with Gasteiger partial charge in [0.25, 0.3) is 0 Å². The van der Waals surface area contributed by atoms with Gasteiger partial charge < -0.3 is 15.4 Å². The van der Waals surface area contributed by atoms with Crippen LogP contribution in [0.4, 0.5) is 13.2 Å². The van der Waals surface area contributed by atoms with Gasteiger partial charge >= 0.3 is 6.18 Å². The van der Waals surface area contributed by atoms with Gasteiger partial charge in [0.1, 0.15) is 18.2 Å². The van der Waals surface area contributed by atoms with Gasteiger partial charge in [0.15, 0.2) is 0 Å². The predicted molar refractivity (Wildman–Crippen MR) is 135 cm³/mol. The Labute approximate surface area is 212 Å². The van der Waals surface area contributed by atoms with E-state index in [1.165, 1.54) is 25.0 Å². The van der Waals surface area contributed by atoms with Gasteiger partial charge in [-0.3, -0.25) is 9.36 Å². The Balaban J connectivity index is 1.36. The predicted octanol–water partition coefficient (Wildman–Crippen LogP) is 5.36. The Bertz CT molecular complexity index is 1390. The van der Waals surface area contributed by atoms with Crippen LogP contribution in [0.15, 0.2) is 66.7 Å². The standard InChI is InChI=1S/C28H27F3N4O2/c29-28(30,31)21-6-3-19(4-7-21)18-37-23-10-8-22(9-11-23)35-25-12-5-20(27(32)36)17-24(25)33-26(35)13-16-34-14-1-2-15-34/h3-12,17H,1-2,13-16,18H2,(H2,32,36). The van der Waals surface area contributed by atoms with Gasteiger partial charge in [0, 0.05) is 24.2 Å². The molecule has 6 nitrogen and oxygen atoms in total. The number of imidazole rings is 1. The number of alkyl halides is 3. The zero-order valence-electron chi connectivity index (χ0n) is 20.2. The first kappa shape index (κ1) is 24.8. The molecule has 9 heteroatoms. The number of amides is 1. The molecule has 0 atom stereocenters. The topological polar surface area (TPSA) is 73.4 Å². The number of primary amides is 1. The molecule has 0 saturated carbocycles. The molecule has 0 spiro atoms. The number of hydrogen-bond acceptors (Lipinski definition) is 4. The first-order valence-corrected chi connectivity index (χ1v) is 12.2. The van der Waals surface area contributed by atoms with Crippen LogP contribution in [0.2, 0.25) is 0 Å². The molecule has 1 saturated heterocycles. The second kappa shape index (κ2) is 10.3. The first-order chi connectivity index (χ1) is 17.8. The molecule has 0 aliphatic carbocycles. The molecule has 0 unspecified atom stereocenters. The summed E-state index contributed by atoms with van der Waals surface area (Å²) in [4.78, 5) is 18.9. The minimum Gasteiger partial charge on any atom is -0.489 e. The van der Waals surface area contributed by atoms with E-state index in [0.717, 1.165) is 55.2 Å². The largest absolute Gasteiger partial charge is 0.489 e. The van der Waals surface area contributed by atoms with E-state index in [1.54, 1.807) is 12.1 Å². The number of aromatic nitrogens is 2. The summed E-state index contributed by atoms with van der Waals surface area (Å²) >= 11 is 0. The number of nitrogens with zero attached hydrogens (tertiary/aromatic N) is 3. The van der Waals surface area contributed by atoms with E-state index in [4.69, 9.17) is 15.5 Å². The van der Waals surface area contributed by atoms with E-state index in [1.807, 2.05) is 30.3 Å². The van der Waals surface area contributed by atoms with Crippen LogP contribution >= 0.6 is 0 Å². The second-order valence-corrected chi connectivity index (χ2v) is 9.21. The number of likely N-dealkylation sites (tertiary alicyclic amines) is 1.